The van der Waals surface area contributed by atoms with Gasteiger partial charge in [-0.1, -0.05) is 53.7 Å². The molecule has 0 spiro atoms. The predicted molar refractivity (Wildman–Crippen MR) is 85.5 cm³/mol. The van der Waals surface area contributed by atoms with E-state index in [0.29, 0.717) is 17.6 Å². The fraction of sp³-hybridized carbons (Fsp3) is 0.667. The van der Waals surface area contributed by atoms with Gasteiger partial charge in [-0.25, -0.2) is 0 Å². The van der Waals surface area contributed by atoms with Crippen molar-refractivity contribution in [2.75, 3.05) is 0 Å². The number of aromatic hydroxyl groups is 1. The summed E-state index contributed by atoms with van der Waals surface area (Å²) >= 11 is 0. The zero-order valence-corrected chi connectivity index (χ0v) is 14.0. The first-order chi connectivity index (χ1) is 9.06. The highest BCUT2D eigenvalue weighted by atomic mass is 16.3. The Kier molecular flexibility index (Phi) is 5.26. The van der Waals surface area contributed by atoms with Crippen LogP contribution in [0.4, 0.5) is 0 Å². The van der Waals surface area contributed by atoms with E-state index in [1.165, 1.54) is 5.56 Å². The molecule has 0 saturated heterocycles. The van der Waals surface area contributed by atoms with Crippen molar-refractivity contribution in [2.24, 2.45) is 5.41 Å². The fourth-order valence-corrected chi connectivity index (χ4v) is 2.40. The summed E-state index contributed by atoms with van der Waals surface area (Å²) in [6.07, 6.45) is 0.450. The van der Waals surface area contributed by atoms with E-state index in [2.05, 4.69) is 53.7 Å². The second-order valence-corrected chi connectivity index (χ2v) is 7.27. The van der Waals surface area contributed by atoms with Gasteiger partial charge in [-0.3, -0.25) is 0 Å². The second kappa shape index (κ2) is 6.17. The fourth-order valence-electron chi connectivity index (χ4n) is 2.40. The topological polar surface area (TPSA) is 40.5 Å². The van der Waals surface area contributed by atoms with Crippen LogP contribution in [0.2, 0.25) is 0 Å². The molecule has 2 heteroatoms. The van der Waals surface area contributed by atoms with Crippen molar-refractivity contribution in [2.45, 2.75) is 72.8 Å². The molecule has 2 nitrogen and oxygen atoms in total. The maximum Gasteiger partial charge on any atom is 0.122 e. The molecule has 1 atom stereocenters. The number of phenols is 1. The first-order valence-electron chi connectivity index (χ1n) is 7.60. The minimum absolute atomic E-state index is 0.167. The molecule has 0 heterocycles. The monoisotopic (exact) mass is 278 g/mol. The molecular weight excluding hydrogens is 248 g/mol. The second-order valence-electron chi connectivity index (χ2n) is 7.27. The van der Waals surface area contributed by atoms with Crippen molar-refractivity contribution >= 4 is 0 Å². The van der Waals surface area contributed by atoms with Crippen molar-refractivity contribution in [1.29, 1.82) is 0 Å². The van der Waals surface area contributed by atoms with E-state index in [9.17, 15) is 10.2 Å². The van der Waals surface area contributed by atoms with E-state index in [-0.39, 0.29) is 11.5 Å². The van der Waals surface area contributed by atoms with Gasteiger partial charge in [0.05, 0.1) is 6.10 Å². The third-order valence-electron chi connectivity index (χ3n) is 4.26. The Bertz CT molecular complexity index is 427. The summed E-state index contributed by atoms with van der Waals surface area (Å²) in [5.74, 6) is 1.03. The SMILES string of the molecule is CC(C)c1cc(CC(C)(C)C(C)O)cc(C(C)C)c1O. The number of aliphatic hydroxyl groups is 1. The van der Waals surface area contributed by atoms with E-state index in [0.717, 1.165) is 17.5 Å². The van der Waals surface area contributed by atoms with Crippen LogP contribution in [0.1, 0.15) is 77.0 Å². The van der Waals surface area contributed by atoms with Gasteiger partial charge in [0, 0.05) is 0 Å². The summed E-state index contributed by atoms with van der Waals surface area (Å²) in [7, 11) is 0. The predicted octanol–water partition coefficient (Wildman–Crippen LogP) is 4.59. The van der Waals surface area contributed by atoms with Crippen molar-refractivity contribution < 1.29 is 10.2 Å². The summed E-state index contributed by atoms with van der Waals surface area (Å²) in [5.41, 5.74) is 3.04. The maximum atomic E-state index is 10.4. The molecule has 2 N–H and O–H groups in total. The zero-order valence-electron chi connectivity index (χ0n) is 14.0. The molecule has 1 unspecified atom stereocenters. The van der Waals surface area contributed by atoms with Crippen LogP contribution in [0, 0.1) is 5.41 Å². The summed E-state index contributed by atoms with van der Waals surface area (Å²) in [4.78, 5) is 0. The van der Waals surface area contributed by atoms with Crippen LogP contribution in [0.3, 0.4) is 0 Å². The Labute approximate surface area is 123 Å². The number of hydrogen-bond acceptors (Lipinski definition) is 2. The molecule has 0 aromatic heterocycles. The molecule has 20 heavy (non-hydrogen) atoms. The Morgan fingerprint density at radius 3 is 1.65 bits per heavy atom. The molecule has 0 fully saturated rings. The standard InChI is InChI=1S/C18H30O2/c1-11(2)15-8-14(10-18(6,7)13(5)19)9-16(12(3)4)17(15)20/h8-9,11-13,19-20H,10H2,1-7H3. The van der Waals surface area contributed by atoms with Crippen molar-refractivity contribution in [3.05, 3.63) is 28.8 Å². The van der Waals surface area contributed by atoms with Gasteiger partial charge in [0.2, 0.25) is 0 Å². The minimum Gasteiger partial charge on any atom is -0.507 e. The van der Waals surface area contributed by atoms with Crippen LogP contribution in [0.5, 0.6) is 5.75 Å². The maximum absolute atomic E-state index is 10.4. The van der Waals surface area contributed by atoms with E-state index in [1.807, 2.05) is 6.92 Å². The highest BCUT2D eigenvalue weighted by Gasteiger charge is 2.26. The van der Waals surface area contributed by atoms with E-state index in [1.54, 1.807) is 0 Å². The van der Waals surface area contributed by atoms with Crippen LogP contribution < -0.4 is 0 Å². The van der Waals surface area contributed by atoms with Crippen LogP contribution in [-0.2, 0) is 6.42 Å². The lowest BCUT2D eigenvalue weighted by atomic mass is 9.79. The third-order valence-corrected chi connectivity index (χ3v) is 4.26. The normalized spacial score (nSPS) is 14.1. The molecular formula is C18H30O2. The lowest BCUT2D eigenvalue weighted by molar-refractivity contribution is 0.0665. The molecule has 0 amide bonds. The van der Waals surface area contributed by atoms with Crippen molar-refractivity contribution in [3.63, 3.8) is 0 Å². The number of phenolic OH excluding ortho intramolecular Hbond substituents is 1. The van der Waals surface area contributed by atoms with Crippen LogP contribution in [-0.4, -0.2) is 16.3 Å². The molecule has 0 bridgehead atoms. The Morgan fingerprint density at radius 1 is 0.950 bits per heavy atom. The van der Waals surface area contributed by atoms with Crippen molar-refractivity contribution in [3.8, 4) is 5.75 Å². The number of hydrogen-bond donors (Lipinski definition) is 2. The van der Waals surface area contributed by atoms with E-state index < -0.39 is 0 Å². The largest absolute Gasteiger partial charge is 0.507 e. The summed E-state index contributed by atoms with van der Waals surface area (Å²) < 4.78 is 0. The molecule has 0 aliphatic carbocycles. The third kappa shape index (κ3) is 3.76. The van der Waals surface area contributed by atoms with Gasteiger partial charge < -0.3 is 10.2 Å². The average molecular weight is 278 g/mol. The van der Waals surface area contributed by atoms with Gasteiger partial charge in [-0.15, -0.1) is 0 Å². The first kappa shape index (κ1) is 17.0. The van der Waals surface area contributed by atoms with Gasteiger partial charge in [0.15, 0.2) is 0 Å². The van der Waals surface area contributed by atoms with Crippen molar-refractivity contribution in [1.82, 2.24) is 0 Å². The lowest BCUT2D eigenvalue weighted by Crippen LogP contribution is -2.28. The molecule has 1 aromatic rings. The van der Waals surface area contributed by atoms with Gasteiger partial charge in [0.25, 0.3) is 0 Å². The van der Waals surface area contributed by atoms with Crippen LogP contribution in [0.25, 0.3) is 0 Å². The minimum atomic E-state index is -0.360. The summed E-state index contributed by atoms with van der Waals surface area (Å²) in [6.45, 7) is 14.4. The average Bonchev–Trinajstić information content (AvgIpc) is 2.29. The van der Waals surface area contributed by atoms with Gasteiger partial charge in [0.1, 0.15) is 5.75 Å². The molecule has 114 valence electrons. The molecule has 1 rings (SSSR count). The van der Waals surface area contributed by atoms with Gasteiger partial charge in [-0.2, -0.15) is 0 Å². The number of rotatable bonds is 5. The first-order valence-corrected chi connectivity index (χ1v) is 7.60. The Balaban J connectivity index is 3.28. The highest BCUT2D eigenvalue weighted by molar-refractivity contribution is 5.47. The lowest BCUT2D eigenvalue weighted by Gasteiger charge is -2.29. The summed E-state index contributed by atoms with van der Waals surface area (Å²) in [5, 5.41) is 20.3. The Morgan fingerprint density at radius 2 is 1.35 bits per heavy atom. The van der Waals surface area contributed by atoms with Crippen LogP contribution >= 0.6 is 0 Å². The summed E-state index contributed by atoms with van der Waals surface area (Å²) in [6, 6.07) is 4.19. The van der Waals surface area contributed by atoms with Gasteiger partial charge >= 0.3 is 0 Å². The molecule has 0 radical (unpaired) electrons. The smallest absolute Gasteiger partial charge is 0.122 e. The Hall–Kier alpha value is -1.02. The molecule has 0 aliphatic rings. The quantitative estimate of drug-likeness (QED) is 0.827. The van der Waals surface area contributed by atoms with Gasteiger partial charge in [-0.05, 0) is 47.3 Å². The van der Waals surface area contributed by atoms with Crippen LogP contribution in [0.15, 0.2) is 12.1 Å². The molecule has 1 aromatic carbocycles. The highest BCUT2D eigenvalue weighted by Crippen LogP contribution is 2.37. The number of aliphatic hydroxyl groups excluding tert-OH is 1. The van der Waals surface area contributed by atoms with E-state index in [4.69, 9.17) is 0 Å². The molecule has 0 aliphatic heterocycles. The number of benzene rings is 1. The zero-order chi connectivity index (χ0) is 15.7. The molecule has 0 saturated carbocycles. The van der Waals surface area contributed by atoms with E-state index >= 15 is 0 Å².